The van der Waals surface area contributed by atoms with Crippen LogP contribution in [0.1, 0.15) is 23.6 Å². The van der Waals surface area contributed by atoms with E-state index >= 15 is 0 Å². The number of nitrogen functional groups attached to an aromatic ring is 2. The summed E-state index contributed by atoms with van der Waals surface area (Å²) < 4.78 is 18.9. The lowest BCUT2D eigenvalue weighted by Gasteiger charge is -2.42. The fourth-order valence-electron chi connectivity index (χ4n) is 4.68. The molecule has 0 saturated carbocycles. The van der Waals surface area contributed by atoms with E-state index in [-0.39, 0.29) is 29.9 Å². The van der Waals surface area contributed by atoms with Crippen LogP contribution < -0.4 is 31.9 Å². The van der Waals surface area contributed by atoms with Gasteiger partial charge in [-0.15, -0.1) is 0 Å². The monoisotopic (exact) mass is 558 g/mol. The Morgan fingerprint density at radius 1 is 0.854 bits per heavy atom. The smallest absolute Gasteiger partial charge is 0.223 e. The van der Waals surface area contributed by atoms with Gasteiger partial charge in [-0.3, -0.25) is 0 Å². The zero-order valence-corrected chi connectivity index (χ0v) is 23.2. The molecule has 41 heavy (non-hydrogen) atoms. The predicted octanol–water partition coefficient (Wildman–Crippen LogP) is 3.70. The first-order chi connectivity index (χ1) is 19.9. The van der Waals surface area contributed by atoms with Crippen LogP contribution in [0.4, 0.5) is 39.6 Å². The molecule has 12 heteroatoms. The van der Waals surface area contributed by atoms with Crippen molar-refractivity contribution in [2.24, 2.45) is 0 Å². The van der Waals surface area contributed by atoms with Crippen LogP contribution >= 0.6 is 0 Å². The first-order valence-corrected chi connectivity index (χ1v) is 13.5. The van der Waals surface area contributed by atoms with Gasteiger partial charge < -0.3 is 36.6 Å². The van der Waals surface area contributed by atoms with Gasteiger partial charge in [-0.1, -0.05) is 42.5 Å². The van der Waals surface area contributed by atoms with E-state index < -0.39 is 0 Å². The molecule has 1 atom stereocenters. The number of halogens is 1. The molecule has 1 unspecified atom stereocenters. The topological polar surface area (TPSA) is 143 Å². The second kappa shape index (κ2) is 12.6. The van der Waals surface area contributed by atoms with Gasteiger partial charge in [0.05, 0.1) is 18.8 Å². The van der Waals surface area contributed by atoms with Gasteiger partial charge in [0, 0.05) is 45.9 Å². The molecule has 6 N–H and O–H groups in total. The third-order valence-electron chi connectivity index (χ3n) is 7.04. The van der Waals surface area contributed by atoms with Gasteiger partial charge in [0.2, 0.25) is 11.9 Å². The molecule has 2 aromatic carbocycles. The van der Waals surface area contributed by atoms with Gasteiger partial charge in [0.25, 0.3) is 0 Å². The number of aromatic nitrogens is 4. The molecule has 0 aliphatic carbocycles. The van der Waals surface area contributed by atoms with Crippen LogP contribution in [0.2, 0.25) is 0 Å². The second-order valence-corrected chi connectivity index (χ2v) is 9.81. The van der Waals surface area contributed by atoms with Crippen molar-refractivity contribution in [1.82, 2.24) is 19.9 Å². The van der Waals surface area contributed by atoms with Crippen molar-refractivity contribution in [3.8, 4) is 0 Å². The number of rotatable bonds is 8. The molecule has 11 nitrogen and oxygen atoms in total. The van der Waals surface area contributed by atoms with Crippen LogP contribution in [0, 0.1) is 5.82 Å². The molecule has 0 spiro atoms. The minimum absolute atomic E-state index is 0.217. The van der Waals surface area contributed by atoms with Crippen LogP contribution in [0.25, 0.3) is 0 Å². The van der Waals surface area contributed by atoms with Crippen molar-refractivity contribution in [2.75, 3.05) is 65.6 Å². The van der Waals surface area contributed by atoms with Gasteiger partial charge in [-0.2, -0.15) is 19.9 Å². The number of nitrogens with zero attached hydrogens (tertiary/aromatic N) is 6. The maximum atomic E-state index is 13.0. The third-order valence-corrected chi connectivity index (χ3v) is 7.04. The largest absolute Gasteiger partial charge is 0.373 e. The van der Waals surface area contributed by atoms with Crippen molar-refractivity contribution in [3.63, 3.8) is 0 Å². The Balaban J connectivity index is 0.000000165. The van der Waals surface area contributed by atoms with Gasteiger partial charge in [0.15, 0.2) is 0 Å². The molecule has 2 aliphatic heterocycles. The number of ether oxygens (including phenoxy) is 1. The van der Waals surface area contributed by atoms with E-state index in [1.54, 1.807) is 7.05 Å². The maximum absolute atomic E-state index is 13.0. The average Bonchev–Trinajstić information content (AvgIpc) is 2.93. The number of benzene rings is 2. The highest BCUT2D eigenvalue weighted by molar-refractivity contribution is 5.56. The van der Waals surface area contributed by atoms with Crippen LogP contribution in [-0.2, 0) is 11.3 Å². The summed E-state index contributed by atoms with van der Waals surface area (Å²) >= 11 is 0. The Morgan fingerprint density at radius 3 is 2.05 bits per heavy atom. The number of hydrogen-bond acceptors (Lipinski definition) is 11. The van der Waals surface area contributed by atoms with Crippen LogP contribution in [0.5, 0.6) is 0 Å². The zero-order valence-electron chi connectivity index (χ0n) is 23.2. The maximum Gasteiger partial charge on any atom is 0.223 e. The van der Waals surface area contributed by atoms with Crippen LogP contribution in [0.15, 0.2) is 66.7 Å². The Morgan fingerprint density at radius 2 is 1.46 bits per heavy atom. The third kappa shape index (κ3) is 6.90. The number of nitrogens with two attached hydrogens (primary N) is 2. The Bertz CT molecular complexity index is 1430. The summed E-state index contributed by atoms with van der Waals surface area (Å²) in [6.07, 6.45) is 1.25. The molecule has 2 fully saturated rings. The minimum atomic E-state index is -0.219. The molecule has 0 radical (unpaired) electrons. The lowest BCUT2D eigenvalue weighted by Crippen LogP contribution is -2.52. The first kappa shape index (κ1) is 27.8. The molecule has 6 rings (SSSR count). The van der Waals surface area contributed by atoms with Gasteiger partial charge in [-0.05, 0) is 29.7 Å². The number of nitrogens with one attached hydrogen (secondary N) is 2. The van der Waals surface area contributed by atoms with Crippen molar-refractivity contribution < 1.29 is 9.13 Å². The summed E-state index contributed by atoms with van der Waals surface area (Å²) in [5, 5.41) is 5.95. The van der Waals surface area contributed by atoms with Crippen LogP contribution in [0.3, 0.4) is 0 Å². The summed E-state index contributed by atoms with van der Waals surface area (Å²) in [4.78, 5) is 21.0. The number of hydrogen-bond donors (Lipinski definition) is 4. The first-order valence-electron chi connectivity index (χ1n) is 13.5. The normalized spacial score (nSPS) is 16.2. The van der Waals surface area contributed by atoms with Crippen molar-refractivity contribution in [3.05, 3.63) is 83.7 Å². The SMILES string of the molecule is CNc1cc(N2CC(OCc3ccccc3)C2)nc(N)n1.CNc1cc(N2CCC2c2ccc(F)cc2)nc(N)n1. The summed E-state index contributed by atoms with van der Waals surface area (Å²) in [5.74, 6) is 3.36. The van der Waals surface area contributed by atoms with E-state index in [9.17, 15) is 4.39 Å². The highest BCUT2D eigenvalue weighted by atomic mass is 19.1. The molecule has 214 valence electrons. The standard InChI is InChI=1S/C15H19N5O.C14H16FN5/c1-17-13-7-14(19-15(16)18-13)20-8-12(9-20)21-10-11-5-3-2-4-6-11;1-17-12-8-13(19-14(16)18-12)20-7-6-11(20)9-2-4-10(15)5-3-9/h2-7,12H,8-10H2,1H3,(H3,16,17,18,19);2-5,8,11H,6-7H2,1H3,(H3,16,17,18,19). The molecule has 4 aromatic rings. The minimum Gasteiger partial charge on any atom is -0.373 e. The number of anilines is 6. The molecule has 2 aromatic heterocycles. The highest BCUT2D eigenvalue weighted by Gasteiger charge is 2.31. The molecule has 2 saturated heterocycles. The molecule has 2 aliphatic rings. The predicted molar refractivity (Wildman–Crippen MR) is 160 cm³/mol. The second-order valence-electron chi connectivity index (χ2n) is 9.81. The fraction of sp³-hybridized carbons (Fsp3) is 0.310. The zero-order chi connectivity index (χ0) is 28.8. The molecule has 0 bridgehead atoms. The molecular formula is C29H35FN10O. The summed E-state index contributed by atoms with van der Waals surface area (Å²) in [6.45, 7) is 3.20. The van der Waals surface area contributed by atoms with Gasteiger partial charge >= 0.3 is 0 Å². The van der Waals surface area contributed by atoms with E-state index in [0.29, 0.717) is 12.4 Å². The van der Waals surface area contributed by atoms with Crippen molar-refractivity contribution in [2.45, 2.75) is 25.2 Å². The van der Waals surface area contributed by atoms with E-state index in [2.05, 4.69) is 52.5 Å². The highest BCUT2D eigenvalue weighted by Crippen LogP contribution is 2.37. The Kier molecular flexibility index (Phi) is 8.59. The summed E-state index contributed by atoms with van der Waals surface area (Å²) in [5.41, 5.74) is 13.7. The Labute approximate surface area is 238 Å². The average molecular weight is 559 g/mol. The van der Waals surface area contributed by atoms with Crippen LogP contribution in [-0.4, -0.2) is 59.8 Å². The van der Waals surface area contributed by atoms with E-state index in [1.807, 2.05) is 49.5 Å². The fourth-order valence-corrected chi connectivity index (χ4v) is 4.68. The van der Waals surface area contributed by atoms with Gasteiger partial charge in [-0.25, -0.2) is 4.39 Å². The van der Waals surface area contributed by atoms with Crippen molar-refractivity contribution >= 4 is 35.2 Å². The van der Waals surface area contributed by atoms with E-state index in [0.717, 1.165) is 49.1 Å². The lowest BCUT2D eigenvalue weighted by molar-refractivity contribution is 0.0221. The van der Waals surface area contributed by atoms with E-state index in [1.165, 1.54) is 17.7 Å². The quantitative estimate of drug-likeness (QED) is 0.251. The van der Waals surface area contributed by atoms with Gasteiger partial charge in [0.1, 0.15) is 29.1 Å². The Hall–Kier alpha value is -4.71. The van der Waals surface area contributed by atoms with E-state index in [4.69, 9.17) is 16.2 Å². The van der Waals surface area contributed by atoms with Crippen molar-refractivity contribution in [1.29, 1.82) is 0 Å². The summed E-state index contributed by atoms with van der Waals surface area (Å²) in [7, 11) is 3.60. The molecule has 4 heterocycles. The molecule has 0 amide bonds. The lowest BCUT2D eigenvalue weighted by atomic mass is 9.95. The summed E-state index contributed by atoms with van der Waals surface area (Å²) in [6, 6.07) is 20.8. The molecular weight excluding hydrogens is 523 g/mol.